The normalized spacial score (nSPS) is 11.5. The molecular weight excluding hydrogens is 132 g/mol. The minimum absolute atomic E-state index is 0.0106. The molecule has 4 N–H and O–H groups in total. The Morgan fingerprint density at radius 2 is 2.20 bits per heavy atom. The summed E-state index contributed by atoms with van der Waals surface area (Å²) in [6.07, 6.45) is 0. The van der Waals surface area contributed by atoms with Gasteiger partial charge in [0.1, 0.15) is 0 Å². The van der Waals surface area contributed by atoms with Crippen LogP contribution in [0.3, 0.4) is 0 Å². The van der Waals surface area contributed by atoms with Gasteiger partial charge in [0.05, 0.1) is 12.1 Å². The number of aliphatic hydroxyl groups excluding tert-OH is 1. The van der Waals surface area contributed by atoms with E-state index < -0.39 is 11.4 Å². The van der Waals surface area contributed by atoms with Gasteiger partial charge < -0.3 is 16.2 Å². The largest absolute Gasteiger partial charge is 0.395 e. The Hall–Kier alpha value is -0.610. The van der Waals surface area contributed by atoms with Crippen molar-refractivity contribution in [3.63, 3.8) is 0 Å². The second-order valence-electron chi connectivity index (χ2n) is 2.64. The van der Waals surface area contributed by atoms with Gasteiger partial charge >= 0.3 is 0 Å². The van der Waals surface area contributed by atoms with Crippen molar-refractivity contribution in [1.29, 1.82) is 0 Å². The highest BCUT2D eigenvalue weighted by atomic mass is 16.3. The van der Waals surface area contributed by atoms with E-state index in [1.165, 1.54) is 0 Å². The van der Waals surface area contributed by atoms with Gasteiger partial charge in [-0.1, -0.05) is 0 Å². The van der Waals surface area contributed by atoms with Crippen LogP contribution in [0, 0.1) is 0 Å². The highest BCUT2D eigenvalue weighted by molar-refractivity contribution is 5.83. The average molecular weight is 146 g/mol. The van der Waals surface area contributed by atoms with Gasteiger partial charge in [-0.2, -0.15) is 0 Å². The first kappa shape index (κ1) is 9.39. The van der Waals surface area contributed by atoms with Gasteiger partial charge in [0, 0.05) is 6.54 Å². The number of amides is 1. The lowest BCUT2D eigenvalue weighted by Gasteiger charge is -2.21. The molecule has 0 radical (unpaired) electrons. The molecule has 0 saturated carbocycles. The molecular formula is C6H14N2O2. The van der Waals surface area contributed by atoms with Crippen LogP contribution in [0.15, 0.2) is 0 Å². The molecule has 60 valence electrons. The van der Waals surface area contributed by atoms with Crippen molar-refractivity contribution >= 4 is 5.91 Å². The summed E-state index contributed by atoms with van der Waals surface area (Å²) in [4.78, 5) is 10.6. The van der Waals surface area contributed by atoms with Crippen LogP contribution in [0.4, 0.5) is 0 Å². The first-order chi connectivity index (χ1) is 4.50. The monoisotopic (exact) mass is 146 g/mol. The van der Waals surface area contributed by atoms with Gasteiger partial charge in [-0.05, 0) is 13.8 Å². The van der Waals surface area contributed by atoms with Crippen molar-refractivity contribution in [2.24, 2.45) is 5.73 Å². The zero-order chi connectivity index (χ0) is 8.20. The van der Waals surface area contributed by atoms with Crippen LogP contribution in [-0.4, -0.2) is 29.7 Å². The summed E-state index contributed by atoms with van der Waals surface area (Å²) >= 11 is 0. The maximum atomic E-state index is 10.6. The topological polar surface area (TPSA) is 75.3 Å². The van der Waals surface area contributed by atoms with E-state index in [4.69, 9.17) is 10.8 Å². The molecule has 0 aliphatic carbocycles. The zero-order valence-corrected chi connectivity index (χ0v) is 6.35. The number of hydrogen-bond acceptors (Lipinski definition) is 3. The molecule has 0 aliphatic heterocycles. The summed E-state index contributed by atoms with van der Waals surface area (Å²) in [5.41, 5.74) is 4.31. The second kappa shape index (κ2) is 3.53. The van der Waals surface area contributed by atoms with Crippen LogP contribution in [0.5, 0.6) is 0 Å². The first-order valence-corrected chi connectivity index (χ1v) is 3.16. The fourth-order valence-corrected chi connectivity index (χ4v) is 0.456. The van der Waals surface area contributed by atoms with E-state index in [1.807, 2.05) is 0 Å². The summed E-state index contributed by atoms with van der Waals surface area (Å²) in [6, 6.07) is 0. The molecule has 0 unspecified atom stereocenters. The molecule has 0 saturated heterocycles. The predicted octanol–water partition coefficient (Wildman–Crippen LogP) is -1.17. The summed E-state index contributed by atoms with van der Waals surface area (Å²) in [5.74, 6) is -0.416. The van der Waals surface area contributed by atoms with Crippen molar-refractivity contribution in [3.05, 3.63) is 0 Å². The lowest BCUT2D eigenvalue weighted by molar-refractivity contribution is -0.123. The minimum atomic E-state index is -0.720. The van der Waals surface area contributed by atoms with E-state index in [9.17, 15) is 4.79 Å². The third-order valence-corrected chi connectivity index (χ3v) is 1.29. The predicted molar refractivity (Wildman–Crippen MR) is 38.4 cm³/mol. The fraction of sp³-hybridized carbons (Fsp3) is 0.833. The Morgan fingerprint density at radius 3 is 2.50 bits per heavy atom. The van der Waals surface area contributed by atoms with E-state index >= 15 is 0 Å². The molecule has 10 heavy (non-hydrogen) atoms. The number of hydrogen-bond donors (Lipinski definition) is 3. The van der Waals surface area contributed by atoms with E-state index in [2.05, 4.69) is 5.32 Å². The third kappa shape index (κ3) is 2.80. The van der Waals surface area contributed by atoms with Crippen molar-refractivity contribution in [1.82, 2.24) is 5.32 Å². The number of nitrogens with two attached hydrogens (primary N) is 1. The molecule has 0 fully saturated rings. The fourth-order valence-electron chi connectivity index (χ4n) is 0.456. The number of aliphatic hydroxyl groups is 1. The Morgan fingerprint density at radius 1 is 1.70 bits per heavy atom. The standard InChI is InChI=1S/C6H14N2O2/c1-6(2,5(7)10)8-3-4-9/h8-9H,3-4H2,1-2H3,(H2,7,10). The van der Waals surface area contributed by atoms with Gasteiger partial charge in [0.25, 0.3) is 0 Å². The molecule has 0 aromatic rings. The van der Waals surface area contributed by atoms with Crippen molar-refractivity contribution < 1.29 is 9.90 Å². The molecule has 4 heteroatoms. The van der Waals surface area contributed by atoms with Crippen LogP contribution in [0.25, 0.3) is 0 Å². The number of primary amides is 1. The van der Waals surface area contributed by atoms with Crippen molar-refractivity contribution in [2.75, 3.05) is 13.2 Å². The quantitative estimate of drug-likeness (QED) is 0.468. The number of carbonyl (C=O) groups is 1. The molecule has 0 heterocycles. The number of carbonyl (C=O) groups excluding carboxylic acids is 1. The SMILES string of the molecule is CC(C)(NCCO)C(N)=O. The molecule has 0 aliphatic rings. The summed E-state index contributed by atoms with van der Waals surface area (Å²) in [7, 11) is 0. The molecule has 0 aromatic carbocycles. The van der Waals surface area contributed by atoms with E-state index in [1.54, 1.807) is 13.8 Å². The van der Waals surface area contributed by atoms with Gasteiger partial charge in [0.15, 0.2) is 0 Å². The maximum Gasteiger partial charge on any atom is 0.237 e. The van der Waals surface area contributed by atoms with Crippen LogP contribution in [0.2, 0.25) is 0 Å². The Kier molecular flexibility index (Phi) is 3.32. The lowest BCUT2D eigenvalue weighted by atomic mass is 10.1. The van der Waals surface area contributed by atoms with Crippen LogP contribution in [0.1, 0.15) is 13.8 Å². The molecule has 1 amide bonds. The molecule has 0 aromatic heterocycles. The first-order valence-electron chi connectivity index (χ1n) is 3.16. The van der Waals surface area contributed by atoms with Gasteiger partial charge in [0.2, 0.25) is 5.91 Å². The number of rotatable bonds is 4. The lowest BCUT2D eigenvalue weighted by Crippen LogP contribution is -2.51. The Balaban J connectivity index is 3.75. The minimum Gasteiger partial charge on any atom is -0.395 e. The number of nitrogens with one attached hydrogen (secondary N) is 1. The smallest absolute Gasteiger partial charge is 0.237 e. The van der Waals surface area contributed by atoms with E-state index in [0.717, 1.165) is 0 Å². The second-order valence-corrected chi connectivity index (χ2v) is 2.64. The average Bonchev–Trinajstić information content (AvgIpc) is 1.84. The van der Waals surface area contributed by atoms with E-state index in [-0.39, 0.29) is 6.61 Å². The highest BCUT2D eigenvalue weighted by Gasteiger charge is 2.22. The number of β-amino-alcohol motifs (C(OH)–C–C–N with tert-alkyl or cyclic N) is 1. The third-order valence-electron chi connectivity index (χ3n) is 1.29. The molecule has 0 atom stereocenters. The maximum absolute atomic E-state index is 10.6. The van der Waals surface area contributed by atoms with Crippen LogP contribution < -0.4 is 11.1 Å². The summed E-state index contributed by atoms with van der Waals surface area (Å²) < 4.78 is 0. The molecule has 0 spiro atoms. The molecule has 0 bridgehead atoms. The summed E-state index contributed by atoms with van der Waals surface area (Å²) in [5, 5.41) is 11.2. The molecule has 4 nitrogen and oxygen atoms in total. The van der Waals surface area contributed by atoms with Crippen molar-refractivity contribution in [3.8, 4) is 0 Å². The van der Waals surface area contributed by atoms with Crippen LogP contribution in [-0.2, 0) is 4.79 Å². The zero-order valence-electron chi connectivity index (χ0n) is 6.35. The van der Waals surface area contributed by atoms with E-state index in [0.29, 0.717) is 6.54 Å². The van der Waals surface area contributed by atoms with Crippen LogP contribution >= 0.6 is 0 Å². The van der Waals surface area contributed by atoms with Gasteiger partial charge in [-0.15, -0.1) is 0 Å². The summed E-state index contributed by atoms with van der Waals surface area (Å²) in [6.45, 7) is 3.74. The highest BCUT2D eigenvalue weighted by Crippen LogP contribution is 1.98. The Labute approximate surface area is 60.4 Å². The van der Waals surface area contributed by atoms with Crippen molar-refractivity contribution in [2.45, 2.75) is 19.4 Å². The van der Waals surface area contributed by atoms with Gasteiger partial charge in [-0.3, -0.25) is 4.79 Å². The molecule has 0 rings (SSSR count). The Bertz CT molecular complexity index is 123. The van der Waals surface area contributed by atoms with Gasteiger partial charge in [-0.25, -0.2) is 0 Å².